The monoisotopic (exact) mass is 197 g/mol. The Morgan fingerprint density at radius 3 is 2.38 bits per heavy atom. The van der Waals surface area contributed by atoms with Gasteiger partial charge in [-0.25, -0.2) is 0 Å². The minimum Gasteiger partial charge on any atom is -0.398 e. The normalized spacial score (nSPS) is 11.7. The Morgan fingerprint density at radius 2 is 1.92 bits per heavy atom. The topological polar surface area (TPSA) is 26.0 Å². The van der Waals surface area contributed by atoms with Crippen LogP contribution >= 0.6 is 11.6 Å². The second-order valence-corrected chi connectivity index (χ2v) is 5.00. The summed E-state index contributed by atoms with van der Waals surface area (Å²) >= 11 is 5.83. The zero-order valence-electron chi connectivity index (χ0n) is 8.39. The highest BCUT2D eigenvalue weighted by Crippen LogP contribution is 2.25. The predicted octanol–water partition coefficient (Wildman–Crippen LogP) is 3.51. The van der Waals surface area contributed by atoms with Crippen molar-refractivity contribution in [3.63, 3.8) is 0 Å². The van der Waals surface area contributed by atoms with Crippen LogP contribution in [0.3, 0.4) is 0 Å². The zero-order valence-corrected chi connectivity index (χ0v) is 9.15. The van der Waals surface area contributed by atoms with Crippen molar-refractivity contribution in [3.8, 4) is 0 Å². The van der Waals surface area contributed by atoms with E-state index in [4.69, 9.17) is 17.3 Å². The molecule has 1 aromatic rings. The average molecular weight is 198 g/mol. The summed E-state index contributed by atoms with van der Waals surface area (Å²) in [6.45, 7) is 6.62. The lowest BCUT2D eigenvalue weighted by molar-refractivity contribution is 0.411. The van der Waals surface area contributed by atoms with E-state index in [0.717, 1.165) is 6.42 Å². The summed E-state index contributed by atoms with van der Waals surface area (Å²) in [5.41, 5.74) is 7.91. The van der Waals surface area contributed by atoms with Crippen molar-refractivity contribution in [1.82, 2.24) is 0 Å². The average Bonchev–Trinajstić information content (AvgIpc) is 1.94. The SMILES string of the molecule is CC(C)(C)Cc1ccc(Cl)c(N)c1. The number of hydrogen-bond acceptors (Lipinski definition) is 1. The van der Waals surface area contributed by atoms with Crippen LogP contribution in [0, 0.1) is 5.41 Å². The van der Waals surface area contributed by atoms with Gasteiger partial charge in [-0.2, -0.15) is 0 Å². The van der Waals surface area contributed by atoms with Crippen LogP contribution in [0.2, 0.25) is 5.02 Å². The minimum absolute atomic E-state index is 0.292. The minimum atomic E-state index is 0.292. The molecule has 1 rings (SSSR count). The molecule has 1 nitrogen and oxygen atoms in total. The van der Waals surface area contributed by atoms with Gasteiger partial charge < -0.3 is 5.73 Å². The Bertz CT molecular complexity index is 299. The van der Waals surface area contributed by atoms with Crippen LogP contribution in [0.1, 0.15) is 26.3 Å². The summed E-state index contributed by atoms with van der Waals surface area (Å²) in [6.07, 6.45) is 1.02. The number of halogens is 1. The smallest absolute Gasteiger partial charge is 0.0635 e. The molecule has 0 unspecified atom stereocenters. The Labute approximate surface area is 84.9 Å². The van der Waals surface area contributed by atoms with Crippen LogP contribution in [0.4, 0.5) is 5.69 Å². The molecular weight excluding hydrogens is 182 g/mol. The van der Waals surface area contributed by atoms with E-state index in [1.165, 1.54) is 5.56 Å². The van der Waals surface area contributed by atoms with Gasteiger partial charge in [-0.1, -0.05) is 38.4 Å². The van der Waals surface area contributed by atoms with Crippen molar-refractivity contribution in [2.24, 2.45) is 5.41 Å². The molecule has 0 atom stereocenters. The van der Waals surface area contributed by atoms with Crippen LogP contribution in [0.5, 0.6) is 0 Å². The van der Waals surface area contributed by atoms with E-state index in [2.05, 4.69) is 20.8 Å². The first-order chi connectivity index (χ1) is 5.88. The van der Waals surface area contributed by atoms with Crippen molar-refractivity contribution < 1.29 is 0 Å². The van der Waals surface area contributed by atoms with Gasteiger partial charge in [-0.3, -0.25) is 0 Å². The van der Waals surface area contributed by atoms with Gasteiger partial charge in [0.15, 0.2) is 0 Å². The molecule has 13 heavy (non-hydrogen) atoms. The lowest BCUT2D eigenvalue weighted by Crippen LogP contribution is -2.09. The standard InChI is InChI=1S/C11H16ClN/c1-11(2,3)7-8-4-5-9(12)10(13)6-8/h4-6H,7,13H2,1-3H3. The molecule has 0 saturated heterocycles. The molecule has 0 aliphatic heterocycles. The quantitative estimate of drug-likeness (QED) is 0.686. The lowest BCUT2D eigenvalue weighted by atomic mass is 9.88. The first kappa shape index (κ1) is 10.4. The maximum absolute atomic E-state index is 5.83. The first-order valence-electron chi connectivity index (χ1n) is 4.42. The van der Waals surface area contributed by atoms with Gasteiger partial charge in [0.05, 0.1) is 10.7 Å². The predicted molar refractivity (Wildman–Crippen MR) is 59.0 cm³/mol. The van der Waals surface area contributed by atoms with Crippen molar-refractivity contribution >= 4 is 17.3 Å². The molecule has 0 radical (unpaired) electrons. The molecular formula is C11H16ClN. The van der Waals surface area contributed by atoms with Gasteiger partial charge in [-0.05, 0) is 29.5 Å². The summed E-state index contributed by atoms with van der Waals surface area (Å²) in [5, 5.41) is 0.637. The largest absolute Gasteiger partial charge is 0.398 e. The Morgan fingerprint density at radius 1 is 1.31 bits per heavy atom. The lowest BCUT2D eigenvalue weighted by Gasteiger charge is -2.18. The number of anilines is 1. The third-order valence-electron chi connectivity index (χ3n) is 1.79. The van der Waals surface area contributed by atoms with Gasteiger partial charge in [0, 0.05) is 0 Å². The molecule has 0 aliphatic carbocycles. The molecule has 2 N–H and O–H groups in total. The second-order valence-electron chi connectivity index (χ2n) is 4.59. The summed E-state index contributed by atoms with van der Waals surface area (Å²) < 4.78 is 0. The molecule has 72 valence electrons. The van der Waals surface area contributed by atoms with Crippen molar-refractivity contribution in [3.05, 3.63) is 28.8 Å². The van der Waals surface area contributed by atoms with Crippen LogP contribution in [0.25, 0.3) is 0 Å². The van der Waals surface area contributed by atoms with Crippen LogP contribution in [-0.4, -0.2) is 0 Å². The number of rotatable bonds is 1. The fourth-order valence-electron chi connectivity index (χ4n) is 1.32. The van der Waals surface area contributed by atoms with Gasteiger partial charge in [0.25, 0.3) is 0 Å². The highest BCUT2D eigenvalue weighted by molar-refractivity contribution is 6.33. The van der Waals surface area contributed by atoms with E-state index in [9.17, 15) is 0 Å². The Kier molecular flexibility index (Phi) is 2.87. The van der Waals surface area contributed by atoms with E-state index in [-0.39, 0.29) is 0 Å². The van der Waals surface area contributed by atoms with Crippen molar-refractivity contribution in [2.45, 2.75) is 27.2 Å². The molecule has 0 aliphatic rings. The fourth-order valence-corrected chi connectivity index (χ4v) is 1.43. The van der Waals surface area contributed by atoms with Gasteiger partial charge >= 0.3 is 0 Å². The molecule has 2 heteroatoms. The van der Waals surface area contributed by atoms with Crippen LogP contribution < -0.4 is 5.73 Å². The summed E-state index contributed by atoms with van der Waals surface area (Å²) in [6, 6.07) is 5.84. The van der Waals surface area contributed by atoms with E-state index in [0.29, 0.717) is 16.1 Å². The molecule has 0 amide bonds. The van der Waals surface area contributed by atoms with E-state index < -0.39 is 0 Å². The van der Waals surface area contributed by atoms with Crippen LogP contribution in [-0.2, 0) is 6.42 Å². The second kappa shape index (κ2) is 3.59. The number of hydrogen-bond donors (Lipinski definition) is 1. The third-order valence-corrected chi connectivity index (χ3v) is 2.14. The highest BCUT2D eigenvalue weighted by Gasteiger charge is 2.11. The number of nitrogen functional groups attached to an aromatic ring is 1. The fraction of sp³-hybridized carbons (Fsp3) is 0.455. The summed E-state index contributed by atoms with van der Waals surface area (Å²) in [4.78, 5) is 0. The van der Waals surface area contributed by atoms with E-state index in [1.54, 1.807) is 0 Å². The maximum atomic E-state index is 5.83. The van der Waals surface area contributed by atoms with Crippen molar-refractivity contribution in [2.75, 3.05) is 5.73 Å². The number of benzene rings is 1. The molecule has 0 fully saturated rings. The highest BCUT2D eigenvalue weighted by atomic mass is 35.5. The third kappa shape index (κ3) is 3.27. The summed E-state index contributed by atoms with van der Waals surface area (Å²) in [7, 11) is 0. The number of nitrogens with two attached hydrogens (primary N) is 1. The molecule has 0 heterocycles. The molecule has 0 aromatic heterocycles. The van der Waals surface area contributed by atoms with Gasteiger partial charge in [-0.15, -0.1) is 0 Å². The molecule has 0 bridgehead atoms. The maximum Gasteiger partial charge on any atom is 0.0635 e. The van der Waals surface area contributed by atoms with Gasteiger partial charge in [0.1, 0.15) is 0 Å². The van der Waals surface area contributed by atoms with E-state index in [1.807, 2.05) is 18.2 Å². The van der Waals surface area contributed by atoms with Gasteiger partial charge in [0.2, 0.25) is 0 Å². The Hall–Kier alpha value is -0.690. The molecule has 0 saturated carbocycles. The Balaban J connectivity index is 2.86. The van der Waals surface area contributed by atoms with Crippen LogP contribution in [0.15, 0.2) is 18.2 Å². The summed E-state index contributed by atoms with van der Waals surface area (Å²) in [5.74, 6) is 0. The zero-order chi connectivity index (χ0) is 10.1. The van der Waals surface area contributed by atoms with Crippen molar-refractivity contribution in [1.29, 1.82) is 0 Å². The molecule has 0 spiro atoms. The molecule has 1 aromatic carbocycles. The van der Waals surface area contributed by atoms with E-state index >= 15 is 0 Å². The first-order valence-corrected chi connectivity index (χ1v) is 4.80.